The van der Waals surface area contributed by atoms with Crippen LogP contribution in [0.25, 0.3) is 0 Å². The zero-order valence-corrected chi connectivity index (χ0v) is 5.54. The van der Waals surface area contributed by atoms with Crippen LogP contribution in [-0.4, -0.2) is 16.2 Å². The van der Waals surface area contributed by atoms with Crippen molar-refractivity contribution in [2.24, 2.45) is 5.73 Å². The van der Waals surface area contributed by atoms with Gasteiger partial charge < -0.3 is 5.73 Å². The van der Waals surface area contributed by atoms with Gasteiger partial charge >= 0.3 is 0 Å². The molecule has 4 heteroatoms. The fourth-order valence-corrected chi connectivity index (χ4v) is 1.04. The van der Waals surface area contributed by atoms with Crippen LogP contribution in [0.5, 0.6) is 0 Å². The average molecular weight is 154 g/mol. The Bertz CT molecular complexity index is 138. The molecule has 0 bridgehead atoms. The SMILES string of the molecule is NC(=O)C1(Cl)CC1Cl. The van der Waals surface area contributed by atoms with E-state index in [0.717, 1.165) is 0 Å². The van der Waals surface area contributed by atoms with E-state index < -0.39 is 10.8 Å². The number of primary amides is 1. The van der Waals surface area contributed by atoms with Crippen molar-refractivity contribution in [3.05, 3.63) is 0 Å². The Labute approximate surface area is 56.9 Å². The lowest BCUT2D eigenvalue weighted by molar-refractivity contribution is -0.118. The van der Waals surface area contributed by atoms with Gasteiger partial charge in [-0.3, -0.25) is 4.79 Å². The summed E-state index contributed by atoms with van der Waals surface area (Å²) in [6.45, 7) is 0. The first kappa shape index (κ1) is 6.17. The molecular weight excluding hydrogens is 149 g/mol. The van der Waals surface area contributed by atoms with Crippen molar-refractivity contribution in [2.45, 2.75) is 16.7 Å². The minimum absolute atomic E-state index is 0.248. The molecule has 46 valence electrons. The first-order chi connectivity index (χ1) is 3.57. The van der Waals surface area contributed by atoms with Crippen LogP contribution < -0.4 is 5.73 Å². The Kier molecular flexibility index (Phi) is 1.17. The first-order valence-electron chi connectivity index (χ1n) is 2.20. The lowest BCUT2D eigenvalue weighted by Crippen LogP contribution is -2.27. The molecule has 0 saturated heterocycles. The fourth-order valence-electron chi connectivity index (χ4n) is 0.457. The van der Waals surface area contributed by atoms with Gasteiger partial charge in [0.2, 0.25) is 5.91 Å². The molecule has 0 aromatic heterocycles. The van der Waals surface area contributed by atoms with Gasteiger partial charge in [-0.2, -0.15) is 0 Å². The van der Waals surface area contributed by atoms with Gasteiger partial charge in [0.05, 0.1) is 5.38 Å². The van der Waals surface area contributed by atoms with E-state index in [1.54, 1.807) is 0 Å². The average Bonchev–Trinajstić information content (AvgIpc) is 2.17. The molecule has 2 atom stereocenters. The van der Waals surface area contributed by atoms with E-state index in [1.165, 1.54) is 0 Å². The smallest absolute Gasteiger partial charge is 0.240 e. The number of amides is 1. The first-order valence-corrected chi connectivity index (χ1v) is 3.01. The van der Waals surface area contributed by atoms with Gasteiger partial charge in [-0.1, -0.05) is 0 Å². The second-order valence-electron chi connectivity index (χ2n) is 1.90. The Morgan fingerprint density at radius 2 is 2.25 bits per heavy atom. The van der Waals surface area contributed by atoms with E-state index in [2.05, 4.69) is 0 Å². The number of carbonyl (C=O) groups is 1. The van der Waals surface area contributed by atoms with E-state index in [9.17, 15) is 4.79 Å². The van der Waals surface area contributed by atoms with Crippen molar-refractivity contribution in [1.82, 2.24) is 0 Å². The van der Waals surface area contributed by atoms with Crippen molar-refractivity contribution < 1.29 is 4.79 Å². The molecule has 1 aliphatic rings. The molecule has 0 radical (unpaired) electrons. The standard InChI is InChI=1S/C4H5Cl2NO/c5-2-1-4(2,6)3(7)8/h2H,1H2,(H2,7,8). The van der Waals surface area contributed by atoms with Crippen molar-refractivity contribution in [1.29, 1.82) is 0 Å². The summed E-state index contributed by atoms with van der Waals surface area (Å²) in [5, 5.41) is -0.248. The molecule has 8 heavy (non-hydrogen) atoms. The highest BCUT2D eigenvalue weighted by Gasteiger charge is 2.57. The number of hydrogen-bond acceptors (Lipinski definition) is 1. The number of halogens is 2. The quantitative estimate of drug-likeness (QED) is 0.547. The molecule has 0 spiro atoms. The Morgan fingerprint density at radius 1 is 1.88 bits per heavy atom. The van der Waals surface area contributed by atoms with Gasteiger partial charge in [0, 0.05) is 0 Å². The molecule has 0 aromatic rings. The molecule has 1 saturated carbocycles. The van der Waals surface area contributed by atoms with Crippen LogP contribution in [-0.2, 0) is 4.79 Å². The van der Waals surface area contributed by atoms with Crippen LogP contribution in [0.15, 0.2) is 0 Å². The summed E-state index contributed by atoms with van der Waals surface area (Å²) in [7, 11) is 0. The summed E-state index contributed by atoms with van der Waals surface area (Å²) >= 11 is 11.0. The van der Waals surface area contributed by atoms with Gasteiger partial charge in [-0.05, 0) is 6.42 Å². The summed E-state index contributed by atoms with van der Waals surface area (Å²) in [5.41, 5.74) is 4.87. The van der Waals surface area contributed by atoms with Crippen LogP contribution in [0.3, 0.4) is 0 Å². The van der Waals surface area contributed by atoms with Crippen LogP contribution >= 0.6 is 23.2 Å². The summed E-state index contributed by atoms with van der Waals surface area (Å²) in [4.78, 5) is 9.38. The normalized spacial score (nSPS) is 44.0. The zero-order valence-electron chi connectivity index (χ0n) is 4.03. The maximum absolute atomic E-state index is 10.3. The fraction of sp³-hybridized carbons (Fsp3) is 0.750. The molecule has 1 aliphatic carbocycles. The van der Waals surface area contributed by atoms with Gasteiger partial charge in [0.15, 0.2) is 0 Å². The molecule has 2 unspecified atom stereocenters. The summed E-state index contributed by atoms with van der Waals surface area (Å²) < 4.78 is 0. The molecule has 1 fully saturated rings. The largest absolute Gasteiger partial charge is 0.368 e. The molecular formula is C4H5Cl2NO. The predicted octanol–water partition coefficient (Wildman–Crippen LogP) is 0.460. The number of alkyl halides is 2. The van der Waals surface area contributed by atoms with E-state index in [4.69, 9.17) is 28.9 Å². The number of hydrogen-bond donors (Lipinski definition) is 1. The number of carbonyl (C=O) groups excluding carboxylic acids is 1. The highest BCUT2D eigenvalue weighted by atomic mass is 35.5. The van der Waals surface area contributed by atoms with Crippen LogP contribution in [0, 0.1) is 0 Å². The van der Waals surface area contributed by atoms with Gasteiger partial charge in [-0.15, -0.1) is 23.2 Å². The van der Waals surface area contributed by atoms with Gasteiger partial charge in [-0.25, -0.2) is 0 Å². The highest BCUT2D eigenvalue weighted by Crippen LogP contribution is 2.46. The molecule has 0 heterocycles. The molecule has 2 nitrogen and oxygen atoms in total. The summed E-state index contributed by atoms with van der Waals surface area (Å²) in [6, 6.07) is 0. The summed E-state index contributed by atoms with van der Waals surface area (Å²) in [6.07, 6.45) is 0.505. The maximum atomic E-state index is 10.3. The monoisotopic (exact) mass is 153 g/mol. The van der Waals surface area contributed by atoms with Gasteiger partial charge in [0.1, 0.15) is 4.87 Å². The van der Waals surface area contributed by atoms with Crippen molar-refractivity contribution in [3.63, 3.8) is 0 Å². The van der Waals surface area contributed by atoms with E-state index in [1.807, 2.05) is 0 Å². The third-order valence-corrected chi connectivity index (χ3v) is 2.46. The zero-order chi connectivity index (χ0) is 6.36. The lowest BCUT2D eigenvalue weighted by Gasteiger charge is -1.95. The predicted molar refractivity (Wildman–Crippen MR) is 32.0 cm³/mol. The van der Waals surface area contributed by atoms with E-state index in [0.29, 0.717) is 6.42 Å². The topological polar surface area (TPSA) is 43.1 Å². The molecule has 0 aromatic carbocycles. The minimum Gasteiger partial charge on any atom is -0.368 e. The second-order valence-corrected chi connectivity index (χ2v) is 3.10. The van der Waals surface area contributed by atoms with Crippen molar-refractivity contribution in [3.8, 4) is 0 Å². The van der Waals surface area contributed by atoms with Crippen LogP contribution in [0.4, 0.5) is 0 Å². The van der Waals surface area contributed by atoms with Crippen molar-refractivity contribution in [2.75, 3.05) is 0 Å². The van der Waals surface area contributed by atoms with E-state index >= 15 is 0 Å². The highest BCUT2D eigenvalue weighted by molar-refractivity contribution is 6.45. The second kappa shape index (κ2) is 1.52. The maximum Gasteiger partial charge on any atom is 0.240 e. The lowest BCUT2D eigenvalue weighted by atomic mass is 10.4. The van der Waals surface area contributed by atoms with E-state index in [-0.39, 0.29) is 5.38 Å². The Balaban J connectivity index is 2.60. The number of nitrogens with two attached hydrogens (primary N) is 1. The third-order valence-electron chi connectivity index (χ3n) is 1.22. The van der Waals surface area contributed by atoms with Gasteiger partial charge in [0.25, 0.3) is 0 Å². The van der Waals surface area contributed by atoms with Crippen LogP contribution in [0.1, 0.15) is 6.42 Å². The number of rotatable bonds is 1. The molecule has 1 amide bonds. The van der Waals surface area contributed by atoms with Crippen LogP contribution in [0.2, 0.25) is 0 Å². The molecule has 1 rings (SSSR count). The minimum atomic E-state index is -0.915. The Hall–Kier alpha value is 0.0500. The molecule has 2 N–H and O–H groups in total. The third kappa shape index (κ3) is 0.681. The summed E-state index contributed by atoms with van der Waals surface area (Å²) in [5.74, 6) is -0.515. The molecule has 0 aliphatic heterocycles. The van der Waals surface area contributed by atoms with Crippen molar-refractivity contribution >= 4 is 29.1 Å². The Morgan fingerprint density at radius 3 is 2.25 bits per heavy atom.